The highest BCUT2D eigenvalue weighted by Gasteiger charge is 2.18. The highest BCUT2D eigenvalue weighted by Crippen LogP contribution is 2.20. The Morgan fingerprint density at radius 1 is 1.50 bits per heavy atom. The molecule has 1 aromatic rings. The maximum absolute atomic E-state index is 12.0. The van der Waals surface area contributed by atoms with E-state index in [4.69, 9.17) is 5.73 Å². The summed E-state index contributed by atoms with van der Waals surface area (Å²) < 4.78 is 26.4. The van der Waals surface area contributed by atoms with Crippen molar-refractivity contribution in [1.29, 1.82) is 0 Å². The number of nitrogen functional groups attached to an aromatic ring is 1. The van der Waals surface area contributed by atoms with E-state index < -0.39 is 10.0 Å². The minimum absolute atomic E-state index is 0.209. The van der Waals surface area contributed by atoms with Crippen molar-refractivity contribution in [2.24, 2.45) is 0 Å². The van der Waals surface area contributed by atoms with E-state index in [2.05, 4.69) is 11.3 Å². The van der Waals surface area contributed by atoms with Gasteiger partial charge in [-0.3, -0.25) is 0 Å². The number of hydrogen-bond donors (Lipinski definition) is 2. The summed E-state index contributed by atoms with van der Waals surface area (Å²) >= 11 is 0. The zero-order chi connectivity index (χ0) is 12.3. The molecule has 3 N–H and O–H groups in total. The van der Waals surface area contributed by atoms with E-state index in [9.17, 15) is 8.42 Å². The van der Waals surface area contributed by atoms with Gasteiger partial charge in [-0.2, -0.15) is 0 Å². The van der Waals surface area contributed by atoms with Gasteiger partial charge in [-0.15, -0.1) is 6.58 Å². The molecule has 0 radical (unpaired) electrons. The molecule has 0 saturated heterocycles. The van der Waals surface area contributed by atoms with Crippen molar-refractivity contribution in [2.45, 2.75) is 24.8 Å². The van der Waals surface area contributed by atoms with Gasteiger partial charge in [0.2, 0.25) is 10.0 Å². The molecular formula is C11H16N2O2S. The lowest BCUT2D eigenvalue weighted by atomic mass is 10.2. The molecule has 1 atom stereocenters. The summed E-state index contributed by atoms with van der Waals surface area (Å²) in [5, 5.41) is 0. The Balaban J connectivity index is 3.18. The maximum atomic E-state index is 12.0. The summed E-state index contributed by atoms with van der Waals surface area (Å²) in [5.41, 5.74) is 6.70. The van der Waals surface area contributed by atoms with Gasteiger partial charge in [-0.1, -0.05) is 12.1 Å². The number of nitrogens with two attached hydrogens (primary N) is 1. The normalized spacial score (nSPS) is 13.4. The second-order valence-electron chi connectivity index (χ2n) is 3.62. The Kier molecular flexibility index (Phi) is 3.72. The van der Waals surface area contributed by atoms with Gasteiger partial charge < -0.3 is 5.73 Å². The number of nitrogens with one attached hydrogen (secondary N) is 1. The predicted octanol–water partition coefficient (Wildman–Crippen LogP) is 1.43. The Labute approximate surface area is 96.2 Å². The Bertz CT molecular complexity index is 495. The Morgan fingerprint density at radius 3 is 2.69 bits per heavy atom. The van der Waals surface area contributed by atoms with Gasteiger partial charge in [-0.25, -0.2) is 13.1 Å². The van der Waals surface area contributed by atoms with Crippen LogP contribution in [0.15, 0.2) is 35.7 Å². The predicted molar refractivity (Wildman–Crippen MR) is 65.6 cm³/mol. The Morgan fingerprint density at radius 2 is 2.12 bits per heavy atom. The van der Waals surface area contributed by atoms with E-state index in [1.54, 1.807) is 26.0 Å². The van der Waals surface area contributed by atoms with Crippen molar-refractivity contribution in [3.63, 3.8) is 0 Å². The highest BCUT2D eigenvalue weighted by atomic mass is 32.2. The molecule has 0 heterocycles. The van der Waals surface area contributed by atoms with Crippen molar-refractivity contribution in [2.75, 3.05) is 5.73 Å². The van der Waals surface area contributed by atoms with Crippen molar-refractivity contribution in [3.8, 4) is 0 Å². The fraction of sp³-hybridized carbons (Fsp3) is 0.273. The molecule has 1 unspecified atom stereocenters. The minimum atomic E-state index is -3.53. The molecule has 0 fully saturated rings. The second kappa shape index (κ2) is 4.67. The third-order valence-electron chi connectivity index (χ3n) is 2.31. The highest BCUT2D eigenvalue weighted by molar-refractivity contribution is 7.89. The van der Waals surface area contributed by atoms with E-state index in [-0.39, 0.29) is 10.9 Å². The van der Waals surface area contributed by atoms with E-state index in [0.29, 0.717) is 11.3 Å². The van der Waals surface area contributed by atoms with Gasteiger partial charge >= 0.3 is 0 Å². The number of anilines is 1. The van der Waals surface area contributed by atoms with Crippen LogP contribution in [0.4, 0.5) is 5.69 Å². The molecule has 0 amide bonds. The molecule has 0 spiro atoms. The molecule has 0 bridgehead atoms. The molecule has 16 heavy (non-hydrogen) atoms. The first kappa shape index (κ1) is 12.7. The molecule has 0 aliphatic heterocycles. The molecule has 5 heteroatoms. The number of benzene rings is 1. The van der Waals surface area contributed by atoms with Crippen LogP contribution < -0.4 is 10.5 Å². The first-order chi connectivity index (χ1) is 7.38. The van der Waals surface area contributed by atoms with Crippen LogP contribution in [-0.4, -0.2) is 14.5 Å². The number of sulfonamides is 1. The van der Waals surface area contributed by atoms with Crippen LogP contribution in [0.5, 0.6) is 0 Å². The van der Waals surface area contributed by atoms with E-state index in [0.717, 1.165) is 0 Å². The van der Waals surface area contributed by atoms with Crippen molar-refractivity contribution < 1.29 is 8.42 Å². The van der Waals surface area contributed by atoms with Crippen LogP contribution in [0.3, 0.4) is 0 Å². The molecule has 0 aromatic heterocycles. The lowest BCUT2D eigenvalue weighted by Gasteiger charge is -2.13. The summed E-state index contributed by atoms with van der Waals surface area (Å²) in [7, 11) is -3.53. The summed E-state index contributed by atoms with van der Waals surface area (Å²) in [6, 6.07) is 4.51. The van der Waals surface area contributed by atoms with Gasteiger partial charge in [0.15, 0.2) is 0 Å². The molecule has 0 aliphatic rings. The lowest BCUT2D eigenvalue weighted by molar-refractivity contribution is 0.575. The minimum Gasteiger partial charge on any atom is -0.398 e. The lowest BCUT2D eigenvalue weighted by Crippen LogP contribution is -2.31. The zero-order valence-corrected chi connectivity index (χ0v) is 10.2. The van der Waals surface area contributed by atoms with Crippen molar-refractivity contribution >= 4 is 15.7 Å². The van der Waals surface area contributed by atoms with Gasteiger partial charge in [0.1, 0.15) is 0 Å². The summed E-state index contributed by atoms with van der Waals surface area (Å²) in [5.74, 6) is 0. The van der Waals surface area contributed by atoms with Crippen LogP contribution in [0.1, 0.15) is 12.5 Å². The average molecular weight is 240 g/mol. The largest absolute Gasteiger partial charge is 0.398 e. The first-order valence-corrected chi connectivity index (χ1v) is 6.37. The summed E-state index contributed by atoms with van der Waals surface area (Å²) in [6.07, 6.45) is 1.53. The van der Waals surface area contributed by atoms with E-state index in [1.165, 1.54) is 12.1 Å². The maximum Gasteiger partial charge on any atom is 0.241 e. The summed E-state index contributed by atoms with van der Waals surface area (Å²) in [4.78, 5) is 0.209. The monoisotopic (exact) mass is 240 g/mol. The van der Waals surface area contributed by atoms with Crippen molar-refractivity contribution in [1.82, 2.24) is 4.72 Å². The Hall–Kier alpha value is -1.33. The molecule has 0 saturated carbocycles. The van der Waals surface area contributed by atoms with Gasteiger partial charge in [0, 0.05) is 11.7 Å². The zero-order valence-electron chi connectivity index (χ0n) is 9.40. The summed E-state index contributed by atoms with van der Waals surface area (Å²) in [6.45, 7) is 6.92. The van der Waals surface area contributed by atoms with Crippen LogP contribution in [0.25, 0.3) is 0 Å². The topological polar surface area (TPSA) is 72.2 Å². The average Bonchev–Trinajstić information content (AvgIpc) is 2.21. The van der Waals surface area contributed by atoms with Crippen LogP contribution in [0.2, 0.25) is 0 Å². The quantitative estimate of drug-likeness (QED) is 0.617. The van der Waals surface area contributed by atoms with Gasteiger partial charge in [0.25, 0.3) is 0 Å². The number of rotatable bonds is 4. The second-order valence-corrected chi connectivity index (χ2v) is 5.30. The molecule has 0 aliphatic carbocycles. The molecule has 88 valence electrons. The van der Waals surface area contributed by atoms with E-state index in [1.807, 2.05) is 0 Å². The van der Waals surface area contributed by atoms with Gasteiger partial charge in [-0.05, 0) is 31.5 Å². The van der Waals surface area contributed by atoms with Gasteiger partial charge in [0.05, 0.1) is 4.90 Å². The first-order valence-electron chi connectivity index (χ1n) is 4.88. The van der Waals surface area contributed by atoms with Crippen LogP contribution >= 0.6 is 0 Å². The third kappa shape index (κ3) is 2.62. The smallest absolute Gasteiger partial charge is 0.241 e. The molecule has 1 rings (SSSR count). The SMILES string of the molecule is C=CC(C)NS(=O)(=O)c1cccc(N)c1C. The third-order valence-corrected chi connectivity index (χ3v) is 4.01. The standard InChI is InChI=1S/C11H16N2O2S/c1-4-8(2)13-16(14,15)11-7-5-6-10(12)9(11)3/h4-8,13H,1,12H2,2-3H3. The van der Waals surface area contributed by atoms with Crippen molar-refractivity contribution in [3.05, 3.63) is 36.4 Å². The fourth-order valence-corrected chi connectivity index (χ4v) is 2.77. The molecule has 4 nitrogen and oxygen atoms in total. The number of hydrogen-bond acceptors (Lipinski definition) is 3. The van der Waals surface area contributed by atoms with E-state index >= 15 is 0 Å². The molecule has 1 aromatic carbocycles. The van der Waals surface area contributed by atoms with Crippen LogP contribution in [-0.2, 0) is 10.0 Å². The molecular weight excluding hydrogens is 224 g/mol. The fourth-order valence-electron chi connectivity index (χ4n) is 1.28. The van der Waals surface area contributed by atoms with Crippen LogP contribution in [0, 0.1) is 6.92 Å².